The first-order valence-electron chi connectivity index (χ1n) is 3.95. The lowest BCUT2D eigenvalue weighted by atomic mass is 10.2. The van der Waals surface area contributed by atoms with Crippen molar-refractivity contribution in [2.75, 3.05) is 13.4 Å². The van der Waals surface area contributed by atoms with Gasteiger partial charge in [-0.05, 0) is 12.3 Å². The molecule has 80 valence electrons. The SMILES string of the molecule is COC(=O)c1cnc(C(=O)O)c(SC)c1. The van der Waals surface area contributed by atoms with Crippen molar-refractivity contribution in [3.63, 3.8) is 0 Å². The highest BCUT2D eigenvalue weighted by Crippen LogP contribution is 2.20. The first-order chi connectivity index (χ1) is 7.10. The van der Waals surface area contributed by atoms with Crippen LogP contribution in [-0.4, -0.2) is 35.4 Å². The predicted molar refractivity (Wildman–Crippen MR) is 54.3 cm³/mol. The van der Waals surface area contributed by atoms with Gasteiger partial charge in [0.15, 0.2) is 5.69 Å². The summed E-state index contributed by atoms with van der Waals surface area (Å²) in [6, 6.07) is 1.45. The Morgan fingerprint density at radius 3 is 2.67 bits per heavy atom. The minimum Gasteiger partial charge on any atom is -0.476 e. The van der Waals surface area contributed by atoms with Crippen LogP contribution in [0.4, 0.5) is 0 Å². The Morgan fingerprint density at radius 2 is 2.20 bits per heavy atom. The van der Waals surface area contributed by atoms with Crippen molar-refractivity contribution < 1.29 is 19.4 Å². The molecule has 1 aromatic heterocycles. The number of aromatic nitrogens is 1. The number of hydrogen-bond donors (Lipinski definition) is 1. The molecule has 0 aromatic carbocycles. The average Bonchev–Trinajstić information content (AvgIpc) is 2.26. The summed E-state index contributed by atoms with van der Waals surface area (Å²) >= 11 is 1.21. The molecular formula is C9H9NO4S. The molecule has 0 saturated carbocycles. The van der Waals surface area contributed by atoms with Crippen LogP contribution in [0.15, 0.2) is 17.2 Å². The fourth-order valence-corrected chi connectivity index (χ4v) is 1.57. The Kier molecular flexibility index (Phi) is 3.68. The highest BCUT2D eigenvalue weighted by molar-refractivity contribution is 7.98. The minimum atomic E-state index is -1.12. The predicted octanol–water partition coefficient (Wildman–Crippen LogP) is 1.29. The quantitative estimate of drug-likeness (QED) is 0.619. The average molecular weight is 227 g/mol. The number of esters is 1. The van der Waals surface area contributed by atoms with Gasteiger partial charge in [-0.25, -0.2) is 14.6 Å². The maximum absolute atomic E-state index is 11.1. The summed E-state index contributed by atoms with van der Waals surface area (Å²) in [5.41, 5.74) is 0.182. The molecule has 0 aliphatic heterocycles. The van der Waals surface area contributed by atoms with E-state index in [4.69, 9.17) is 5.11 Å². The van der Waals surface area contributed by atoms with E-state index in [9.17, 15) is 9.59 Å². The Hall–Kier alpha value is -1.56. The van der Waals surface area contributed by atoms with Crippen LogP contribution in [0, 0.1) is 0 Å². The van der Waals surface area contributed by atoms with Gasteiger partial charge in [-0.2, -0.15) is 0 Å². The number of methoxy groups -OCH3 is 1. The molecule has 0 unspecified atom stereocenters. The Bertz CT molecular complexity index is 405. The summed E-state index contributed by atoms with van der Waals surface area (Å²) in [5, 5.41) is 8.79. The van der Waals surface area contributed by atoms with Gasteiger partial charge in [-0.3, -0.25) is 0 Å². The van der Waals surface area contributed by atoms with Crippen molar-refractivity contribution in [3.8, 4) is 0 Å². The van der Waals surface area contributed by atoms with Gasteiger partial charge in [0.25, 0.3) is 0 Å². The monoisotopic (exact) mass is 227 g/mol. The Labute approximate surface area is 90.5 Å². The van der Waals surface area contributed by atoms with Crippen LogP contribution >= 0.6 is 11.8 Å². The van der Waals surface area contributed by atoms with E-state index in [0.717, 1.165) is 0 Å². The number of aromatic carboxylic acids is 1. The highest BCUT2D eigenvalue weighted by atomic mass is 32.2. The van der Waals surface area contributed by atoms with Gasteiger partial charge in [0.05, 0.1) is 12.7 Å². The molecule has 0 aliphatic rings. The molecule has 0 bridgehead atoms. The number of carbonyl (C=O) groups excluding carboxylic acids is 1. The summed E-state index contributed by atoms with van der Waals surface area (Å²) in [6.45, 7) is 0. The molecule has 1 N–H and O–H groups in total. The topological polar surface area (TPSA) is 76.5 Å². The number of carboxylic acid groups (broad SMARTS) is 1. The molecule has 0 spiro atoms. The van der Waals surface area contributed by atoms with Crippen molar-refractivity contribution >= 4 is 23.7 Å². The van der Waals surface area contributed by atoms with Gasteiger partial charge in [0.1, 0.15) is 0 Å². The first-order valence-corrected chi connectivity index (χ1v) is 5.18. The zero-order valence-corrected chi connectivity index (χ0v) is 9.00. The molecule has 0 atom stereocenters. The maximum atomic E-state index is 11.1. The minimum absolute atomic E-state index is 0.0600. The third-order valence-electron chi connectivity index (χ3n) is 1.70. The van der Waals surface area contributed by atoms with Crippen molar-refractivity contribution in [1.29, 1.82) is 0 Å². The van der Waals surface area contributed by atoms with E-state index >= 15 is 0 Å². The molecule has 0 saturated heterocycles. The van der Waals surface area contributed by atoms with Gasteiger partial charge in [-0.1, -0.05) is 0 Å². The van der Waals surface area contributed by atoms with E-state index in [0.29, 0.717) is 4.90 Å². The summed E-state index contributed by atoms with van der Waals surface area (Å²) in [5.74, 6) is -1.65. The van der Waals surface area contributed by atoms with E-state index < -0.39 is 11.9 Å². The number of carboxylic acids is 1. The van der Waals surface area contributed by atoms with Crippen LogP contribution in [0.25, 0.3) is 0 Å². The lowest BCUT2D eigenvalue weighted by Gasteiger charge is -2.04. The largest absolute Gasteiger partial charge is 0.476 e. The molecule has 0 fully saturated rings. The van der Waals surface area contributed by atoms with Crippen LogP contribution < -0.4 is 0 Å². The third kappa shape index (κ3) is 2.47. The molecule has 1 heterocycles. The number of rotatable bonds is 3. The van der Waals surface area contributed by atoms with E-state index in [1.165, 1.54) is 31.1 Å². The number of ether oxygens (including phenoxy) is 1. The van der Waals surface area contributed by atoms with E-state index in [1.54, 1.807) is 6.26 Å². The zero-order chi connectivity index (χ0) is 11.4. The standard InChI is InChI=1S/C9H9NO4S/c1-14-9(13)5-3-6(15-2)7(8(11)12)10-4-5/h3-4H,1-2H3,(H,11,12). The fraction of sp³-hybridized carbons (Fsp3) is 0.222. The first kappa shape index (κ1) is 11.5. The summed E-state index contributed by atoms with van der Waals surface area (Å²) in [6.07, 6.45) is 2.90. The normalized spacial score (nSPS) is 9.73. The molecule has 0 radical (unpaired) electrons. The lowest BCUT2D eigenvalue weighted by Crippen LogP contribution is -2.07. The van der Waals surface area contributed by atoms with E-state index in [1.807, 2.05) is 0 Å². The number of hydrogen-bond acceptors (Lipinski definition) is 5. The number of nitrogens with zero attached hydrogens (tertiary/aromatic N) is 1. The Morgan fingerprint density at radius 1 is 1.53 bits per heavy atom. The van der Waals surface area contributed by atoms with Crippen LogP contribution in [0.2, 0.25) is 0 Å². The second kappa shape index (κ2) is 4.79. The maximum Gasteiger partial charge on any atom is 0.355 e. The molecule has 1 aromatic rings. The van der Waals surface area contributed by atoms with Crippen molar-refractivity contribution in [2.24, 2.45) is 0 Å². The highest BCUT2D eigenvalue weighted by Gasteiger charge is 2.14. The van der Waals surface area contributed by atoms with E-state index in [2.05, 4.69) is 9.72 Å². The summed E-state index contributed by atoms with van der Waals surface area (Å²) in [7, 11) is 1.26. The smallest absolute Gasteiger partial charge is 0.355 e. The molecular weight excluding hydrogens is 218 g/mol. The summed E-state index contributed by atoms with van der Waals surface area (Å²) in [4.78, 5) is 26.0. The van der Waals surface area contributed by atoms with Gasteiger partial charge in [0.2, 0.25) is 0 Å². The van der Waals surface area contributed by atoms with Crippen LogP contribution in [0.5, 0.6) is 0 Å². The number of pyridine rings is 1. The van der Waals surface area contributed by atoms with Crippen molar-refractivity contribution in [2.45, 2.75) is 4.90 Å². The third-order valence-corrected chi connectivity index (χ3v) is 2.45. The lowest BCUT2D eigenvalue weighted by molar-refractivity contribution is 0.0596. The molecule has 6 heteroatoms. The van der Waals surface area contributed by atoms with Crippen molar-refractivity contribution in [3.05, 3.63) is 23.5 Å². The molecule has 0 aliphatic carbocycles. The molecule has 0 amide bonds. The molecule has 15 heavy (non-hydrogen) atoms. The summed E-state index contributed by atoms with van der Waals surface area (Å²) < 4.78 is 4.50. The van der Waals surface area contributed by atoms with Gasteiger partial charge < -0.3 is 9.84 Å². The van der Waals surface area contributed by atoms with Crippen LogP contribution in [-0.2, 0) is 4.74 Å². The second-order valence-electron chi connectivity index (χ2n) is 2.57. The number of carbonyl (C=O) groups is 2. The molecule has 1 rings (SSSR count). The van der Waals surface area contributed by atoms with E-state index in [-0.39, 0.29) is 11.3 Å². The van der Waals surface area contributed by atoms with Crippen molar-refractivity contribution in [1.82, 2.24) is 4.98 Å². The van der Waals surface area contributed by atoms with Crippen LogP contribution in [0.1, 0.15) is 20.8 Å². The Balaban J connectivity index is 3.19. The van der Waals surface area contributed by atoms with Crippen LogP contribution in [0.3, 0.4) is 0 Å². The zero-order valence-electron chi connectivity index (χ0n) is 8.18. The number of thioether (sulfide) groups is 1. The van der Waals surface area contributed by atoms with Gasteiger partial charge in [0, 0.05) is 11.1 Å². The fourth-order valence-electron chi connectivity index (χ4n) is 0.990. The molecule has 5 nitrogen and oxygen atoms in total. The second-order valence-corrected chi connectivity index (χ2v) is 3.42. The van der Waals surface area contributed by atoms with Gasteiger partial charge >= 0.3 is 11.9 Å². The van der Waals surface area contributed by atoms with Gasteiger partial charge in [-0.15, -0.1) is 11.8 Å².